The third kappa shape index (κ3) is 3.46. The molecule has 0 radical (unpaired) electrons. The second-order valence-electron chi connectivity index (χ2n) is 4.67. The SMILES string of the molecule is CCCNC(C)(CCn1ncc(Cl)c1C)C(N)=O. The molecule has 1 unspecified atom stereocenters. The van der Waals surface area contributed by atoms with Crippen LogP contribution in [0.15, 0.2) is 6.20 Å². The van der Waals surface area contributed by atoms with Crippen molar-refractivity contribution in [3.05, 3.63) is 16.9 Å². The number of aryl methyl sites for hydroxylation is 1. The van der Waals surface area contributed by atoms with Crippen molar-refractivity contribution >= 4 is 17.5 Å². The van der Waals surface area contributed by atoms with Gasteiger partial charge in [-0.1, -0.05) is 18.5 Å². The molecule has 102 valence electrons. The zero-order valence-electron chi connectivity index (χ0n) is 11.2. The number of halogens is 1. The molecular formula is C12H21ClN4O. The molecule has 0 aromatic carbocycles. The summed E-state index contributed by atoms with van der Waals surface area (Å²) in [6.45, 7) is 7.14. The number of amides is 1. The lowest BCUT2D eigenvalue weighted by molar-refractivity contribution is -0.124. The van der Waals surface area contributed by atoms with E-state index >= 15 is 0 Å². The van der Waals surface area contributed by atoms with Crippen molar-refractivity contribution in [1.29, 1.82) is 0 Å². The largest absolute Gasteiger partial charge is 0.368 e. The van der Waals surface area contributed by atoms with Crippen molar-refractivity contribution in [3.63, 3.8) is 0 Å². The first-order valence-corrected chi connectivity index (χ1v) is 6.51. The molecule has 0 fully saturated rings. The summed E-state index contributed by atoms with van der Waals surface area (Å²) in [5.74, 6) is -0.341. The molecule has 1 amide bonds. The van der Waals surface area contributed by atoms with Gasteiger partial charge in [-0.05, 0) is 33.2 Å². The number of rotatable bonds is 7. The van der Waals surface area contributed by atoms with Crippen LogP contribution in [0.4, 0.5) is 0 Å². The van der Waals surface area contributed by atoms with Crippen molar-refractivity contribution in [3.8, 4) is 0 Å². The Labute approximate surface area is 113 Å². The first kappa shape index (κ1) is 15.0. The van der Waals surface area contributed by atoms with Gasteiger partial charge >= 0.3 is 0 Å². The topological polar surface area (TPSA) is 72.9 Å². The van der Waals surface area contributed by atoms with Gasteiger partial charge in [0, 0.05) is 6.54 Å². The minimum Gasteiger partial charge on any atom is -0.368 e. The van der Waals surface area contributed by atoms with Crippen LogP contribution in [0.2, 0.25) is 5.02 Å². The van der Waals surface area contributed by atoms with Crippen LogP contribution in [0.3, 0.4) is 0 Å². The molecule has 6 heteroatoms. The highest BCUT2D eigenvalue weighted by molar-refractivity contribution is 6.31. The van der Waals surface area contributed by atoms with E-state index in [9.17, 15) is 4.79 Å². The third-order valence-electron chi connectivity index (χ3n) is 3.18. The van der Waals surface area contributed by atoms with E-state index in [4.69, 9.17) is 17.3 Å². The number of carbonyl (C=O) groups is 1. The van der Waals surface area contributed by atoms with Crippen molar-refractivity contribution < 1.29 is 4.79 Å². The Morgan fingerprint density at radius 1 is 1.67 bits per heavy atom. The number of nitrogens with zero attached hydrogens (tertiary/aromatic N) is 2. The van der Waals surface area contributed by atoms with Gasteiger partial charge in [-0.15, -0.1) is 0 Å². The first-order chi connectivity index (χ1) is 8.40. The van der Waals surface area contributed by atoms with Crippen LogP contribution in [-0.4, -0.2) is 27.8 Å². The minimum absolute atomic E-state index is 0.341. The van der Waals surface area contributed by atoms with Crippen molar-refractivity contribution in [2.24, 2.45) is 5.73 Å². The average molecular weight is 273 g/mol. The second-order valence-corrected chi connectivity index (χ2v) is 5.08. The van der Waals surface area contributed by atoms with Gasteiger partial charge in [-0.3, -0.25) is 9.48 Å². The zero-order chi connectivity index (χ0) is 13.8. The predicted octanol–water partition coefficient (Wildman–Crippen LogP) is 1.48. The Hall–Kier alpha value is -1.07. The molecule has 0 saturated carbocycles. The Morgan fingerprint density at radius 2 is 2.33 bits per heavy atom. The van der Waals surface area contributed by atoms with E-state index in [1.54, 1.807) is 10.9 Å². The smallest absolute Gasteiger partial charge is 0.237 e. The molecular weight excluding hydrogens is 252 g/mol. The summed E-state index contributed by atoms with van der Waals surface area (Å²) >= 11 is 5.93. The van der Waals surface area contributed by atoms with Gasteiger partial charge in [0.2, 0.25) is 5.91 Å². The Bertz CT molecular complexity index is 418. The van der Waals surface area contributed by atoms with E-state index in [0.717, 1.165) is 18.7 Å². The number of primary amides is 1. The molecule has 18 heavy (non-hydrogen) atoms. The van der Waals surface area contributed by atoms with Gasteiger partial charge in [-0.25, -0.2) is 0 Å². The standard InChI is InChI=1S/C12H21ClN4O/c1-4-6-15-12(3,11(14)18)5-7-17-9(2)10(13)8-16-17/h8,15H,4-7H2,1-3H3,(H2,14,18). The molecule has 3 N–H and O–H groups in total. The highest BCUT2D eigenvalue weighted by Crippen LogP contribution is 2.16. The molecule has 0 spiro atoms. The van der Waals surface area contributed by atoms with Crippen LogP contribution in [-0.2, 0) is 11.3 Å². The van der Waals surface area contributed by atoms with E-state index in [1.807, 2.05) is 20.8 Å². The predicted molar refractivity (Wildman–Crippen MR) is 72.5 cm³/mol. The van der Waals surface area contributed by atoms with Gasteiger partial charge < -0.3 is 11.1 Å². The number of nitrogens with one attached hydrogen (secondary N) is 1. The number of aromatic nitrogens is 2. The minimum atomic E-state index is -0.707. The first-order valence-electron chi connectivity index (χ1n) is 6.13. The van der Waals surface area contributed by atoms with E-state index in [-0.39, 0.29) is 5.91 Å². The molecule has 1 atom stereocenters. The van der Waals surface area contributed by atoms with Gasteiger partial charge in [0.05, 0.1) is 22.5 Å². The maximum absolute atomic E-state index is 11.5. The lowest BCUT2D eigenvalue weighted by Gasteiger charge is -2.27. The molecule has 0 aliphatic rings. The summed E-state index contributed by atoms with van der Waals surface area (Å²) in [4.78, 5) is 11.5. The molecule has 1 aromatic heterocycles. The molecule has 1 heterocycles. The number of hydrogen-bond donors (Lipinski definition) is 2. The Kier molecular flexibility index (Phi) is 5.16. The molecule has 0 aliphatic carbocycles. The van der Waals surface area contributed by atoms with Crippen molar-refractivity contribution in [2.45, 2.75) is 45.7 Å². The quantitative estimate of drug-likeness (QED) is 0.790. The molecule has 1 rings (SSSR count). The fraction of sp³-hybridized carbons (Fsp3) is 0.667. The van der Waals surface area contributed by atoms with E-state index < -0.39 is 5.54 Å². The van der Waals surface area contributed by atoms with Crippen LogP contribution in [0.25, 0.3) is 0 Å². The number of carbonyl (C=O) groups excluding carboxylic acids is 1. The Morgan fingerprint density at radius 3 is 2.78 bits per heavy atom. The molecule has 0 bridgehead atoms. The fourth-order valence-corrected chi connectivity index (χ4v) is 1.82. The maximum atomic E-state index is 11.5. The lowest BCUT2D eigenvalue weighted by atomic mass is 9.96. The lowest BCUT2D eigenvalue weighted by Crippen LogP contribution is -2.53. The molecule has 0 saturated heterocycles. The molecule has 1 aromatic rings. The van der Waals surface area contributed by atoms with Gasteiger partial charge in [0.1, 0.15) is 0 Å². The molecule has 0 aliphatic heterocycles. The summed E-state index contributed by atoms with van der Waals surface area (Å²) in [5, 5.41) is 7.99. The third-order valence-corrected chi connectivity index (χ3v) is 3.55. The summed E-state index contributed by atoms with van der Waals surface area (Å²) < 4.78 is 1.79. The van der Waals surface area contributed by atoms with Crippen LogP contribution < -0.4 is 11.1 Å². The van der Waals surface area contributed by atoms with Gasteiger partial charge in [0.25, 0.3) is 0 Å². The summed E-state index contributed by atoms with van der Waals surface area (Å²) in [6.07, 6.45) is 3.15. The fourth-order valence-electron chi connectivity index (χ4n) is 1.68. The normalized spacial score (nSPS) is 14.4. The summed E-state index contributed by atoms with van der Waals surface area (Å²) in [7, 11) is 0. The van der Waals surface area contributed by atoms with Crippen molar-refractivity contribution in [2.75, 3.05) is 6.54 Å². The average Bonchev–Trinajstić information content (AvgIpc) is 2.65. The van der Waals surface area contributed by atoms with E-state index in [2.05, 4.69) is 10.4 Å². The molecule has 5 nitrogen and oxygen atoms in total. The van der Waals surface area contributed by atoms with Crippen LogP contribution in [0, 0.1) is 6.92 Å². The summed E-state index contributed by atoms with van der Waals surface area (Å²) in [6, 6.07) is 0. The van der Waals surface area contributed by atoms with Gasteiger partial charge in [0.15, 0.2) is 0 Å². The van der Waals surface area contributed by atoms with Crippen LogP contribution >= 0.6 is 11.6 Å². The number of hydrogen-bond acceptors (Lipinski definition) is 3. The second kappa shape index (κ2) is 6.20. The van der Waals surface area contributed by atoms with Crippen LogP contribution in [0.5, 0.6) is 0 Å². The van der Waals surface area contributed by atoms with Crippen molar-refractivity contribution in [1.82, 2.24) is 15.1 Å². The summed E-state index contributed by atoms with van der Waals surface area (Å²) in [5.41, 5.74) is 5.66. The Balaban J connectivity index is 2.68. The zero-order valence-corrected chi connectivity index (χ0v) is 11.9. The number of nitrogens with two attached hydrogens (primary N) is 1. The van der Waals surface area contributed by atoms with Crippen LogP contribution in [0.1, 0.15) is 32.4 Å². The van der Waals surface area contributed by atoms with Gasteiger partial charge in [-0.2, -0.15) is 5.10 Å². The maximum Gasteiger partial charge on any atom is 0.237 e. The highest BCUT2D eigenvalue weighted by atomic mass is 35.5. The van der Waals surface area contributed by atoms with E-state index in [1.165, 1.54) is 0 Å². The van der Waals surface area contributed by atoms with E-state index in [0.29, 0.717) is 18.0 Å². The highest BCUT2D eigenvalue weighted by Gasteiger charge is 2.30. The monoisotopic (exact) mass is 272 g/mol.